The molecule has 0 saturated heterocycles. The predicted molar refractivity (Wildman–Crippen MR) is 83.7 cm³/mol. The molecule has 0 saturated carbocycles. The minimum Gasteiger partial charge on any atom is -0.462 e. The van der Waals surface area contributed by atoms with Crippen LogP contribution in [0.5, 0.6) is 0 Å². The van der Waals surface area contributed by atoms with Gasteiger partial charge in [0.1, 0.15) is 24.8 Å². The number of hydrogen-bond acceptors (Lipinski definition) is 5. The monoisotopic (exact) mass is 312 g/mol. The topological polar surface area (TPSA) is 81.3 Å². The van der Waals surface area contributed by atoms with E-state index in [9.17, 15) is 9.59 Å². The van der Waals surface area contributed by atoms with Crippen molar-refractivity contribution in [2.75, 3.05) is 20.3 Å². The molecule has 0 fully saturated rings. The van der Waals surface area contributed by atoms with Gasteiger partial charge in [0.15, 0.2) is 0 Å². The summed E-state index contributed by atoms with van der Waals surface area (Å²) in [5.74, 6) is -0.559. The second kappa shape index (κ2) is 7.92. The van der Waals surface area contributed by atoms with Crippen LogP contribution < -0.4 is 5.56 Å². The highest BCUT2D eigenvalue weighted by Crippen LogP contribution is 2.17. The van der Waals surface area contributed by atoms with Crippen LogP contribution in [0.15, 0.2) is 47.3 Å². The molecule has 6 nitrogen and oxygen atoms in total. The van der Waals surface area contributed by atoms with E-state index in [2.05, 4.69) is 0 Å². The van der Waals surface area contributed by atoms with Crippen molar-refractivity contribution < 1.29 is 14.3 Å². The summed E-state index contributed by atoms with van der Waals surface area (Å²) in [5.41, 5.74) is 0.795. The van der Waals surface area contributed by atoms with Crippen LogP contribution in [0, 0.1) is 11.3 Å². The van der Waals surface area contributed by atoms with Gasteiger partial charge >= 0.3 is 5.97 Å². The molecule has 2 aromatic rings. The van der Waals surface area contributed by atoms with Gasteiger partial charge in [-0.05, 0) is 17.7 Å². The van der Waals surface area contributed by atoms with Crippen molar-refractivity contribution >= 4 is 5.97 Å². The number of methoxy groups -OCH3 is 1. The molecule has 1 aromatic carbocycles. The van der Waals surface area contributed by atoms with Crippen molar-refractivity contribution in [1.82, 2.24) is 4.57 Å². The first-order valence-electron chi connectivity index (χ1n) is 7.01. The van der Waals surface area contributed by atoms with Gasteiger partial charge in [0, 0.05) is 7.11 Å². The smallest absolute Gasteiger partial charge is 0.326 e. The molecule has 0 bridgehead atoms. The largest absolute Gasteiger partial charge is 0.462 e. The van der Waals surface area contributed by atoms with E-state index in [1.54, 1.807) is 6.07 Å². The lowest BCUT2D eigenvalue weighted by Crippen LogP contribution is -2.28. The molecule has 0 unspecified atom stereocenters. The van der Waals surface area contributed by atoms with Crippen molar-refractivity contribution in [2.24, 2.45) is 0 Å². The zero-order valence-corrected chi connectivity index (χ0v) is 12.7. The van der Waals surface area contributed by atoms with Crippen LogP contribution in [0.1, 0.15) is 5.56 Å². The molecule has 23 heavy (non-hydrogen) atoms. The van der Waals surface area contributed by atoms with Crippen LogP contribution in [-0.4, -0.2) is 30.9 Å². The SMILES string of the molecule is COCCOC(=O)Cn1c(-c2ccccc2)ccc(C#N)c1=O. The quantitative estimate of drug-likeness (QED) is 0.597. The van der Waals surface area contributed by atoms with Gasteiger partial charge in [0.05, 0.1) is 12.3 Å². The minimum absolute atomic E-state index is 0.0191. The molecule has 0 N–H and O–H groups in total. The third-order valence-electron chi connectivity index (χ3n) is 3.20. The van der Waals surface area contributed by atoms with Gasteiger partial charge in [-0.3, -0.25) is 14.2 Å². The van der Waals surface area contributed by atoms with E-state index >= 15 is 0 Å². The highest BCUT2D eigenvalue weighted by atomic mass is 16.6. The Morgan fingerprint density at radius 1 is 1.17 bits per heavy atom. The van der Waals surface area contributed by atoms with Crippen LogP contribution in [-0.2, 0) is 20.8 Å². The lowest BCUT2D eigenvalue weighted by molar-refractivity contribution is -0.145. The number of nitrogens with zero attached hydrogens (tertiary/aromatic N) is 2. The summed E-state index contributed by atoms with van der Waals surface area (Å²) in [6.45, 7) is 0.134. The van der Waals surface area contributed by atoms with E-state index in [4.69, 9.17) is 14.7 Å². The Morgan fingerprint density at radius 3 is 2.57 bits per heavy atom. The maximum Gasteiger partial charge on any atom is 0.326 e. The van der Waals surface area contributed by atoms with Crippen LogP contribution in [0.4, 0.5) is 0 Å². The molecular formula is C17H16N2O4. The van der Waals surface area contributed by atoms with E-state index < -0.39 is 11.5 Å². The zero-order chi connectivity index (χ0) is 16.7. The lowest BCUT2D eigenvalue weighted by atomic mass is 10.1. The summed E-state index contributed by atoms with van der Waals surface area (Å²) in [5, 5.41) is 9.02. The van der Waals surface area contributed by atoms with E-state index in [1.807, 2.05) is 36.4 Å². The molecule has 0 aliphatic heterocycles. The second-order valence-corrected chi connectivity index (χ2v) is 4.71. The highest BCUT2D eigenvalue weighted by molar-refractivity contribution is 5.71. The fourth-order valence-corrected chi connectivity index (χ4v) is 2.09. The standard InChI is InChI=1S/C17H16N2O4/c1-22-9-10-23-16(20)12-19-15(13-5-3-2-4-6-13)8-7-14(11-18)17(19)21/h2-8H,9-10,12H2,1H3. The van der Waals surface area contributed by atoms with E-state index in [-0.39, 0.29) is 25.3 Å². The number of aromatic nitrogens is 1. The zero-order valence-electron chi connectivity index (χ0n) is 12.7. The van der Waals surface area contributed by atoms with Crippen molar-refractivity contribution in [3.63, 3.8) is 0 Å². The van der Waals surface area contributed by atoms with Crippen LogP contribution in [0.25, 0.3) is 11.3 Å². The number of nitriles is 1. The van der Waals surface area contributed by atoms with Gasteiger partial charge in [0.25, 0.3) is 5.56 Å². The van der Waals surface area contributed by atoms with E-state index in [0.717, 1.165) is 5.56 Å². The third kappa shape index (κ3) is 4.05. The van der Waals surface area contributed by atoms with Gasteiger partial charge < -0.3 is 9.47 Å². The summed E-state index contributed by atoms with van der Waals surface area (Å²) in [6.07, 6.45) is 0. The molecule has 6 heteroatoms. The molecule has 0 atom stereocenters. The molecule has 118 valence electrons. The normalized spacial score (nSPS) is 10.1. The number of benzene rings is 1. The average molecular weight is 312 g/mol. The molecule has 2 rings (SSSR count). The molecule has 0 spiro atoms. The minimum atomic E-state index is -0.559. The van der Waals surface area contributed by atoms with Gasteiger partial charge in [-0.25, -0.2) is 0 Å². The number of hydrogen-bond donors (Lipinski definition) is 0. The molecular weight excluding hydrogens is 296 g/mol. The number of rotatable bonds is 6. The van der Waals surface area contributed by atoms with E-state index in [1.165, 1.54) is 17.7 Å². The Morgan fingerprint density at radius 2 is 1.91 bits per heavy atom. The van der Waals surface area contributed by atoms with Gasteiger partial charge in [-0.2, -0.15) is 5.26 Å². The van der Waals surface area contributed by atoms with Gasteiger partial charge in [-0.1, -0.05) is 30.3 Å². The molecule has 0 amide bonds. The molecule has 1 heterocycles. The summed E-state index contributed by atoms with van der Waals surface area (Å²) in [7, 11) is 1.50. The van der Waals surface area contributed by atoms with Crippen molar-refractivity contribution in [2.45, 2.75) is 6.54 Å². The fraction of sp³-hybridized carbons (Fsp3) is 0.235. The Labute approximate surface area is 133 Å². The maximum absolute atomic E-state index is 12.4. The number of carbonyl (C=O) groups is 1. The lowest BCUT2D eigenvalue weighted by Gasteiger charge is -2.13. The molecule has 0 radical (unpaired) electrons. The highest BCUT2D eigenvalue weighted by Gasteiger charge is 2.14. The van der Waals surface area contributed by atoms with Crippen LogP contribution in [0.3, 0.4) is 0 Å². The van der Waals surface area contributed by atoms with Crippen molar-refractivity contribution in [3.8, 4) is 17.3 Å². The number of pyridine rings is 1. The first-order valence-corrected chi connectivity index (χ1v) is 7.01. The Hall–Kier alpha value is -2.91. The Bertz CT molecular complexity index is 775. The Balaban J connectivity index is 2.37. The average Bonchev–Trinajstić information content (AvgIpc) is 2.57. The Kier molecular flexibility index (Phi) is 5.67. The summed E-state index contributed by atoms with van der Waals surface area (Å²) < 4.78 is 11.1. The van der Waals surface area contributed by atoms with Crippen LogP contribution in [0.2, 0.25) is 0 Å². The van der Waals surface area contributed by atoms with Crippen molar-refractivity contribution in [1.29, 1.82) is 5.26 Å². The third-order valence-corrected chi connectivity index (χ3v) is 3.20. The van der Waals surface area contributed by atoms with E-state index in [0.29, 0.717) is 5.69 Å². The maximum atomic E-state index is 12.4. The number of carbonyl (C=O) groups excluding carboxylic acids is 1. The number of ether oxygens (including phenoxy) is 2. The summed E-state index contributed by atoms with van der Waals surface area (Å²) in [4.78, 5) is 24.3. The van der Waals surface area contributed by atoms with Gasteiger partial charge in [0.2, 0.25) is 0 Å². The summed E-state index contributed by atoms with van der Waals surface area (Å²) in [6, 6.07) is 14.1. The van der Waals surface area contributed by atoms with Crippen LogP contribution >= 0.6 is 0 Å². The number of esters is 1. The second-order valence-electron chi connectivity index (χ2n) is 4.71. The molecule has 0 aliphatic carbocycles. The first kappa shape index (κ1) is 16.5. The fourth-order valence-electron chi connectivity index (χ4n) is 2.09. The molecule has 0 aliphatic rings. The summed E-state index contributed by atoms with van der Waals surface area (Å²) >= 11 is 0. The van der Waals surface area contributed by atoms with Gasteiger partial charge in [-0.15, -0.1) is 0 Å². The predicted octanol–water partition coefficient (Wildman–Crippen LogP) is 1.58. The van der Waals surface area contributed by atoms with Crippen molar-refractivity contribution in [3.05, 3.63) is 58.4 Å². The molecule has 1 aromatic heterocycles. The first-order chi connectivity index (χ1) is 11.2.